The Morgan fingerprint density at radius 3 is 2.64 bits per heavy atom. The molecular weight excluding hydrogens is 356 g/mol. The van der Waals surface area contributed by atoms with Gasteiger partial charge in [0.2, 0.25) is 0 Å². The zero-order valence-electron chi connectivity index (χ0n) is 17.3. The summed E-state index contributed by atoms with van der Waals surface area (Å²) in [5.74, 6) is 0.348. The number of carbonyl (C=O) groups excluding carboxylic acids is 1. The van der Waals surface area contributed by atoms with Gasteiger partial charge in [-0.3, -0.25) is 0 Å². The van der Waals surface area contributed by atoms with Crippen molar-refractivity contribution in [2.45, 2.75) is 45.6 Å². The third kappa shape index (κ3) is 4.67. The zero-order valence-corrected chi connectivity index (χ0v) is 17.3. The van der Waals surface area contributed by atoms with Gasteiger partial charge in [-0.25, -0.2) is 4.79 Å². The highest BCUT2D eigenvalue weighted by molar-refractivity contribution is 6.06. The van der Waals surface area contributed by atoms with E-state index in [1.165, 1.54) is 30.6 Å². The summed E-state index contributed by atoms with van der Waals surface area (Å²) in [5.41, 5.74) is 2.41. The van der Waals surface area contributed by atoms with E-state index in [1.54, 1.807) is 6.92 Å². The van der Waals surface area contributed by atoms with Crippen LogP contribution in [0.3, 0.4) is 0 Å². The lowest BCUT2D eigenvalue weighted by atomic mass is 10.1. The number of nitrogens with zero attached hydrogens (tertiary/aromatic N) is 1. The molecule has 2 heterocycles. The smallest absolute Gasteiger partial charge is 0.340 e. The number of carbonyl (C=O) groups is 1. The Hall–Kier alpha value is -2.05. The van der Waals surface area contributed by atoms with Crippen molar-refractivity contribution in [3.8, 4) is 5.75 Å². The van der Waals surface area contributed by atoms with Crippen molar-refractivity contribution in [1.82, 2.24) is 4.57 Å². The van der Waals surface area contributed by atoms with E-state index < -0.39 is 6.10 Å². The van der Waals surface area contributed by atoms with Crippen molar-refractivity contribution in [3.63, 3.8) is 0 Å². The van der Waals surface area contributed by atoms with Gasteiger partial charge in [-0.1, -0.05) is 0 Å². The summed E-state index contributed by atoms with van der Waals surface area (Å²) in [4.78, 5) is 13.9. The van der Waals surface area contributed by atoms with Crippen molar-refractivity contribution in [3.05, 3.63) is 29.5 Å². The van der Waals surface area contributed by atoms with Gasteiger partial charge in [0.25, 0.3) is 0 Å². The van der Waals surface area contributed by atoms with Crippen LogP contribution in [0.2, 0.25) is 0 Å². The fourth-order valence-corrected chi connectivity index (χ4v) is 4.12. The molecule has 1 aromatic carbocycles. The van der Waals surface area contributed by atoms with E-state index in [1.807, 2.05) is 36.7 Å². The number of aliphatic hydroxyl groups is 1. The maximum atomic E-state index is 12.4. The molecule has 1 aromatic heterocycles. The SMILES string of the molecule is CCOC(=O)c1c(C)n(C)c2ccc(OCC(O)C[NH+]3CCCCCC3)cc12. The van der Waals surface area contributed by atoms with Crippen LogP contribution in [-0.4, -0.2) is 54.6 Å². The van der Waals surface area contributed by atoms with Crippen molar-refractivity contribution >= 4 is 16.9 Å². The van der Waals surface area contributed by atoms with Crippen LogP contribution in [0, 0.1) is 6.92 Å². The molecule has 1 aliphatic rings. The number of fused-ring (bicyclic) bond motifs is 1. The molecule has 2 aromatic rings. The summed E-state index contributed by atoms with van der Waals surface area (Å²) in [5, 5.41) is 11.2. The second-order valence-electron chi connectivity index (χ2n) is 7.75. The number of likely N-dealkylation sites (tertiary alicyclic amines) is 1. The highest BCUT2D eigenvalue weighted by Gasteiger charge is 2.21. The topological polar surface area (TPSA) is 65.1 Å². The van der Waals surface area contributed by atoms with Gasteiger partial charge in [0, 0.05) is 23.6 Å². The van der Waals surface area contributed by atoms with E-state index in [0.29, 0.717) is 17.9 Å². The van der Waals surface area contributed by atoms with E-state index in [2.05, 4.69) is 0 Å². The third-order valence-electron chi connectivity index (χ3n) is 5.72. The molecule has 1 atom stereocenters. The molecule has 2 N–H and O–H groups in total. The predicted octanol–water partition coefficient (Wildman–Crippen LogP) is 1.86. The van der Waals surface area contributed by atoms with Crippen LogP contribution in [0.4, 0.5) is 0 Å². The Morgan fingerprint density at radius 1 is 1.25 bits per heavy atom. The summed E-state index contributed by atoms with van der Waals surface area (Å²) in [6.07, 6.45) is 4.59. The summed E-state index contributed by atoms with van der Waals surface area (Å²) >= 11 is 0. The standard InChI is InChI=1S/C22H32N2O4/c1-4-27-22(26)21-16(2)23(3)20-10-9-18(13-19(20)21)28-15-17(25)14-24-11-7-5-6-8-12-24/h9-10,13,17,25H,4-8,11-12,14-15H2,1-3H3/p+1. The van der Waals surface area contributed by atoms with Gasteiger partial charge in [-0.05, 0) is 57.7 Å². The molecule has 0 bridgehead atoms. The quantitative estimate of drug-likeness (QED) is 0.710. The van der Waals surface area contributed by atoms with Crippen LogP contribution in [0.1, 0.15) is 48.7 Å². The van der Waals surface area contributed by atoms with Crippen LogP contribution in [0.25, 0.3) is 10.9 Å². The van der Waals surface area contributed by atoms with Crippen LogP contribution in [-0.2, 0) is 11.8 Å². The van der Waals surface area contributed by atoms with Gasteiger partial charge in [0.05, 0.1) is 25.3 Å². The number of nitrogens with one attached hydrogen (secondary N) is 1. The normalized spacial score (nSPS) is 16.7. The molecule has 1 fully saturated rings. The van der Waals surface area contributed by atoms with Crippen molar-refractivity contribution in [2.75, 3.05) is 32.8 Å². The van der Waals surface area contributed by atoms with Crippen LogP contribution in [0.5, 0.6) is 5.75 Å². The maximum absolute atomic E-state index is 12.4. The Labute approximate surface area is 167 Å². The number of hydrogen-bond acceptors (Lipinski definition) is 4. The van der Waals surface area contributed by atoms with Gasteiger partial charge in [0.1, 0.15) is 25.0 Å². The molecular formula is C22H33N2O4+. The number of hydrogen-bond donors (Lipinski definition) is 2. The lowest BCUT2D eigenvalue weighted by molar-refractivity contribution is -0.902. The molecule has 28 heavy (non-hydrogen) atoms. The second-order valence-corrected chi connectivity index (χ2v) is 7.75. The molecule has 1 unspecified atom stereocenters. The molecule has 0 amide bonds. The molecule has 0 saturated carbocycles. The number of aliphatic hydroxyl groups excluding tert-OH is 1. The number of rotatable bonds is 7. The second kappa shape index (κ2) is 9.43. The third-order valence-corrected chi connectivity index (χ3v) is 5.72. The Bertz CT molecular complexity index is 806. The fraction of sp³-hybridized carbons (Fsp3) is 0.591. The van der Waals surface area contributed by atoms with Crippen LogP contribution in [0.15, 0.2) is 18.2 Å². The lowest BCUT2D eigenvalue weighted by Gasteiger charge is -2.20. The number of ether oxygens (including phenoxy) is 2. The number of aryl methyl sites for hydroxylation is 1. The number of benzene rings is 1. The van der Waals surface area contributed by atoms with Crippen molar-refractivity contribution < 1.29 is 24.3 Å². The monoisotopic (exact) mass is 389 g/mol. The predicted molar refractivity (Wildman–Crippen MR) is 109 cm³/mol. The first-order valence-electron chi connectivity index (χ1n) is 10.4. The Balaban J connectivity index is 1.69. The molecule has 154 valence electrons. The molecule has 6 heteroatoms. The first-order chi connectivity index (χ1) is 13.5. The van der Waals surface area contributed by atoms with Gasteiger partial charge in [-0.15, -0.1) is 0 Å². The number of quaternary nitrogens is 1. The van der Waals surface area contributed by atoms with Gasteiger partial charge < -0.3 is 24.0 Å². The highest BCUT2D eigenvalue weighted by atomic mass is 16.5. The summed E-state index contributed by atoms with van der Waals surface area (Å²) in [6, 6.07) is 5.72. The Kier molecular flexibility index (Phi) is 6.97. The molecule has 1 aliphatic heterocycles. The highest BCUT2D eigenvalue weighted by Crippen LogP contribution is 2.29. The van der Waals surface area contributed by atoms with Gasteiger partial charge in [0.15, 0.2) is 0 Å². The zero-order chi connectivity index (χ0) is 20.1. The minimum atomic E-state index is -0.495. The van der Waals surface area contributed by atoms with Crippen LogP contribution < -0.4 is 9.64 Å². The first kappa shape index (κ1) is 20.7. The minimum absolute atomic E-state index is 0.259. The molecule has 0 aliphatic carbocycles. The fourth-order valence-electron chi connectivity index (χ4n) is 4.12. The summed E-state index contributed by atoms with van der Waals surface area (Å²) < 4.78 is 13.1. The van der Waals surface area contributed by atoms with Crippen molar-refractivity contribution in [2.24, 2.45) is 7.05 Å². The number of aromatic nitrogens is 1. The van der Waals surface area contributed by atoms with E-state index in [-0.39, 0.29) is 12.6 Å². The molecule has 3 rings (SSSR count). The van der Waals surface area contributed by atoms with E-state index in [0.717, 1.165) is 36.2 Å². The van der Waals surface area contributed by atoms with E-state index in [9.17, 15) is 9.90 Å². The van der Waals surface area contributed by atoms with E-state index in [4.69, 9.17) is 9.47 Å². The minimum Gasteiger partial charge on any atom is -0.491 e. The molecule has 6 nitrogen and oxygen atoms in total. The lowest BCUT2D eigenvalue weighted by Crippen LogP contribution is -3.13. The molecule has 1 saturated heterocycles. The van der Waals surface area contributed by atoms with E-state index >= 15 is 0 Å². The van der Waals surface area contributed by atoms with Crippen molar-refractivity contribution in [1.29, 1.82) is 0 Å². The van der Waals surface area contributed by atoms with Gasteiger partial charge >= 0.3 is 5.97 Å². The largest absolute Gasteiger partial charge is 0.491 e. The average molecular weight is 390 g/mol. The summed E-state index contributed by atoms with van der Waals surface area (Å²) in [6.45, 7) is 7.32. The van der Waals surface area contributed by atoms with Gasteiger partial charge in [-0.2, -0.15) is 0 Å². The maximum Gasteiger partial charge on any atom is 0.340 e. The first-order valence-corrected chi connectivity index (χ1v) is 10.4. The van der Waals surface area contributed by atoms with Crippen LogP contribution >= 0.6 is 0 Å². The molecule has 0 spiro atoms. The summed E-state index contributed by atoms with van der Waals surface area (Å²) in [7, 11) is 1.94. The molecule has 0 radical (unpaired) electrons. The average Bonchev–Trinajstić information content (AvgIpc) is 2.84. The number of esters is 1. The Morgan fingerprint density at radius 2 is 1.96 bits per heavy atom.